The number of nitrogens with one attached hydrogen (secondary N) is 1. The second-order valence-electron chi connectivity index (χ2n) is 4.91. The van der Waals surface area contributed by atoms with Gasteiger partial charge in [0.2, 0.25) is 0 Å². The molecule has 0 radical (unpaired) electrons. The largest absolute Gasteiger partial charge is 0.307 e. The monoisotopic (exact) mass is 271 g/mol. The molecule has 0 bridgehead atoms. The minimum atomic E-state index is 0.395. The molecule has 0 aliphatic heterocycles. The molecule has 0 amide bonds. The summed E-state index contributed by atoms with van der Waals surface area (Å²) in [7, 11) is 0. The third-order valence-electron chi connectivity index (χ3n) is 2.90. The summed E-state index contributed by atoms with van der Waals surface area (Å²) in [5.41, 5.74) is 1.36. The predicted molar refractivity (Wildman–Crippen MR) is 84.6 cm³/mol. The van der Waals surface area contributed by atoms with Gasteiger partial charge in [0.05, 0.1) is 0 Å². The second-order valence-corrected chi connectivity index (χ2v) is 6.00. The molecule has 2 heteroatoms. The van der Waals surface area contributed by atoms with Crippen LogP contribution in [0.2, 0.25) is 0 Å². The van der Waals surface area contributed by atoms with E-state index >= 15 is 0 Å². The van der Waals surface area contributed by atoms with Crippen molar-refractivity contribution in [2.45, 2.75) is 30.8 Å². The zero-order valence-corrected chi connectivity index (χ0v) is 12.4. The lowest BCUT2D eigenvalue weighted by atomic mass is 10.1. The molecule has 0 heterocycles. The summed E-state index contributed by atoms with van der Waals surface area (Å²) in [5.74, 6) is 1.05. The SMILES string of the molecule is CC(C)N[C@@H](CSc1ccccc1)c1ccccc1. The standard InChI is InChI=1S/C17H21NS/c1-14(2)18-17(15-9-5-3-6-10-15)13-19-16-11-7-4-8-12-16/h3-12,14,17-18H,13H2,1-2H3/t17-/m0/s1. The van der Waals surface area contributed by atoms with Crippen LogP contribution in [0.1, 0.15) is 25.5 Å². The summed E-state index contributed by atoms with van der Waals surface area (Å²) in [4.78, 5) is 1.33. The Morgan fingerprint density at radius 2 is 1.47 bits per heavy atom. The van der Waals surface area contributed by atoms with Crippen LogP contribution in [0.3, 0.4) is 0 Å². The van der Waals surface area contributed by atoms with E-state index in [1.807, 2.05) is 11.8 Å². The van der Waals surface area contributed by atoms with Gasteiger partial charge in [0.15, 0.2) is 0 Å². The van der Waals surface area contributed by atoms with E-state index in [0.717, 1.165) is 5.75 Å². The van der Waals surface area contributed by atoms with Crippen LogP contribution in [0, 0.1) is 0 Å². The molecule has 0 fully saturated rings. The number of thioether (sulfide) groups is 1. The summed E-state index contributed by atoms with van der Waals surface area (Å²) in [5, 5.41) is 3.65. The van der Waals surface area contributed by atoms with Crippen molar-refractivity contribution in [3.8, 4) is 0 Å². The van der Waals surface area contributed by atoms with Gasteiger partial charge in [-0.05, 0) is 17.7 Å². The topological polar surface area (TPSA) is 12.0 Å². The highest BCUT2D eigenvalue weighted by molar-refractivity contribution is 7.99. The number of benzene rings is 2. The molecule has 0 saturated carbocycles. The fraction of sp³-hybridized carbons (Fsp3) is 0.294. The van der Waals surface area contributed by atoms with Crippen LogP contribution in [-0.4, -0.2) is 11.8 Å². The van der Waals surface area contributed by atoms with E-state index in [1.54, 1.807) is 0 Å². The van der Waals surface area contributed by atoms with Crippen LogP contribution in [0.25, 0.3) is 0 Å². The first kappa shape index (κ1) is 14.2. The Morgan fingerprint density at radius 3 is 2.05 bits per heavy atom. The molecule has 2 aromatic carbocycles. The molecule has 1 atom stereocenters. The van der Waals surface area contributed by atoms with Gasteiger partial charge in [0, 0.05) is 22.7 Å². The molecule has 0 spiro atoms. The highest BCUT2D eigenvalue weighted by atomic mass is 32.2. The van der Waals surface area contributed by atoms with Crippen LogP contribution in [0.5, 0.6) is 0 Å². The van der Waals surface area contributed by atoms with Gasteiger partial charge in [-0.1, -0.05) is 62.4 Å². The maximum atomic E-state index is 3.65. The van der Waals surface area contributed by atoms with Crippen molar-refractivity contribution in [1.29, 1.82) is 0 Å². The average molecular weight is 271 g/mol. The van der Waals surface area contributed by atoms with Crippen molar-refractivity contribution < 1.29 is 0 Å². The molecule has 0 saturated heterocycles. The van der Waals surface area contributed by atoms with Crippen molar-refractivity contribution in [3.05, 3.63) is 66.2 Å². The van der Waals surface area contributed by atoms with Crippen LogP contribution in [-0.2, 0) is 0 Å². The molecule has 19 heavy (non-hydrogen) atoms. The molecule has 0 aliphatic rings. The van der Waals surface area contributed by atoms with Gasteiger partial charge in [-0.2, -0.15) is 0 Å². The minimum absolute atomic E-state index is 0.395. The van der Waals surface area contributed by atoms with E-state index in [4.69, 9.17) is 0 Å². The molecular formula is C17H21NS. The van der Waals surface area contributed by atoms with E-state index in [-0.39, 0.29) is 0 Å². The Morgan fingerprint density at radius 1 is 0.895 bits per heavy atom. The summed E-state index contributed by atoms with van der Waals surface area (Å²) < 4.78 is 0. The van der Waals surface area contributed by atoms with Crippen LogP contribution < -0.4 is 5.32 Å². The lowest BCUT2D eigenvalue weighted by molar-refractivity contribution is 0.512. The number of rotatable bonds is 6. The van der Waals surface area contributed by atoms with Crippen LogP contribution >= 0.6 is 11.8 Å². The van der Waals surface area contributed by atoms with Gasteiger partial charge in [-0.3, -0.25) is 0 Å². The van der Waals surface area contributed by atoms with Gasteiger partial charge >= 0.3 is 0 Å². The molecular weight excluding hydrogens is 250 g/mol. The predicted octanol–water partition coefficient (Wildman–Crippen LogP) is 4.52. The fourth-order valence-electron chi connectivity index (χ4n) is 2.02. The first-order valence-corrected chi connectivity index (χ1v) is 7.73. The third-order valence-corrected chi connectivity index (χ3v) is 4.00. The van der Waals surface area contributed by atoms with E-state index in [0.29, 0.717) is 12.1 Å². The minimum Gasteiger partial charge on any atom is -0.307 e. The van der Waals surface area contributed by atoms with Crippen molar-refractivity contribution in [1.82, 2.24) is 5.32 Å². The Kier molecular flexibility index (Phi) is 5.49. The van der Waals surface area contributed by atoms with Crippen LogP contribution in [0.4, 0.5) is 0 Å². The van der Waals surface area contributed by atoms with Gasteiger partial charge in [-0.15, -0.1) is 11.8 Å². The zero-order chi connectivity index (χ0) is 13.5. The van der Waals surface area contributed by atoms with Gasteiger partial charge in [-0.25, -0.2) is 0 Å². The zero-order valence-electron chi connectivity index (χ0n) is 11.5. The second kappa shape index (κ2) is 7.37. The Hall–Kier alpha value is -1.25. The Labute approximate surface area is 120 Å². The van der Waals surface area contributed by atoms with Gasteiger partial charge in [0.1, 0.15) is 0 Å². The average Bonchev–Trinajstić information content (AvgIpc) is 2.45. The van der Waals surface area contributed by atoms with Crippen molar-refractivity contribution in [2.24, 2.45) is 0 Å². The lowest BCUT2D eigenvalue weighted by Gasteiger charge is -2.21. The molecule has 0 aliphatic carbocycles. The number of hydrogen-bond donors (Lipinski definition) is 1. The molecule has 1 nitrogen and oxygen atoms in total. The van der Waals surface area contributed by atoms with E-state index in [9.17, 15) is 0 Å². The quantitative estimate of drug-likeness (QED) is 0.775. The van der Waals surface area contributed by atoms with Crippen LogP contribution in [0.15, 0.2) is 65.6 Å². The van der Waals surface area contributed by atoms with E-state index in [2.05, 4.69) is 79.8 Å². The molecule has 0 aromatic heterocycles. The maximum absolute atomic E-state index is 3.65. The lowest BCUT2D eigenvalue weighted by Crippen LogP contribution is -2.29. The van der Waals surface area contributed by atoms with E-state index in [1.165, 1.54) is 10.5 Å². The summed E-state index contributed by atoms with van der Waals surface area (Å²) in [6.07, 6.45) is 0. The highest BCUT2D eigenvalue weighted by Gasteiger charge is 2.12. The third kappa shape index (κ3) is 4.73. The normalized spacial score (nSPS) is 12.6. The first-order valence-electron chi connectivity index (χ1n) is 6.74. The molecule has 2 rings (SSSR count). The van der Waals surface area contributed by atoms with Crippen molar-refractivity contribution >= 4 is 11.8 Å². The fourth-order valence-corrected chi connectivity index (χ4v) is 3.02. The molecule has 2 aromatic rings. The maximum Gasteiger partial charge on any atom is 0.0417 e. The van der Waals surface area contributed by atoms with Gasteiger partial charge < -0.3 is 5.32 Å². The molecule has 0 unspecified atom stereocenters. The molecule has 100 valence electrons. The number of hydrogen-bond acceptors (Lipinski definition) is 2. The Balaban J connectivity index is 2.02. The summed E-state index contributed by atoms with van der Waals surface area (Å²) in [6, 6.07) is 22.2. The Bertz CT molecular complexity index is 467. The smallest absolute Gasteiger partial charge is 0.0417 e. The van der Waals surface area contributed by atoms with Gasteiger partial charge in [0.25, 0.3) is 0 Å². The highest BCUT2D eigenvalue weighted by Crippen LogP contribution is 2.24. The summed E-state index contributed by atoms with van der Waals surface area (Å²) >= 11 is 1.90. The first-order chi connectivity index (χ1) is 9.25. The van der Waals surface area contributed by atoms with Crippen molar-refractivity contribution in [2.75, 3.05) is 5.75 Å². The van der Waals surface area contributed by atoms with E-state index < -0.39 is 0 Å². The summed E-state index contributed by atoms with van der Waals surface area (Å²) in [6.45, 7) is 4.40. The van der Waals surface area contributed by atoms with Crippen molar-refractivity contribution in [3.63, 3.8) is 0 Å². The molecule has 1 N–H and O–H groups in total.